The molecule has 0 aliphatic heterocycles. The van der Waals surface area contributed by atoms with Crippen LogP contribution in [0.25, 0.3) is 0 Å². The van der Waals surface area contributed by atoms with Gasteiger partial charge in [-0.2, -0.15) is 0 Å². The maximum absolute atomic E-state index is 6.61. The van der Waals surface area contributed by atoms with Crippen molar-refractivity contribution in [2.24, 2.45) is 0 Å². The van der Waals surface area contributed by atoms with Crippen LogP contribution < -0.4 is 0 Å². The van der Waals surface area contributed by atoms with Crippen molar-refractivity contribution in [2.75, 3.05) is 0 Å². The van der Waals surface area contributed by atoms with E-state index in [4.69, 9.17) is 13.6 Å². The van der Waals surface area contributed by atoms with Crippen LogP contribution in [0.5, 0.6) is 0 Å². The molecule has 3 nitrogen and oxygen atoms in total. The molecule has 1 atom stereocenters. The predicted octanol–water partition coefficient (Wildman–Crippen LogP) is 4.86. The van der Waals surface area contributed by atoms with Gasteiger partial charge in [-0.3, -0.25) is 4.58 Å². The van der Waals surface area contributed by atoms with Crippen LogP contribution in [0, 0.1) is 0 Å². The minimum atomic E-state index is -1.64. The van der Waals surface area contributed by atoms with E-state index in [2.05, 4.69) is 67.0 Å². The highest BCUT2D eigenvalue weighted by atomic mass is 28.4. The second-order valence-electron chi connectivity index (χ2n) is 8.56. The largest absolute Gasteiger partial charge is 0.456 e. The highest BCUT2D eigenvalue weighted by Crippen LogP contribution is 2.25. The van der Waals surface area contributed by atoms with Gasteiger partial charge in [0.25, 0.3) is 0 Å². The van der Waals surface area contributed by atoms with Gasteiger partial charge in [-0.1, -0.05) is 20.8 Å². The van der Waals surface area contributed by atoms with E-state index in [0.717, 1.165) is 12.5 Å². The summed E-state index contributed by atoms with van der Waals surface area (Å²) in [5, 5.41) is -0.0506. The molecule has 0 fully saturated rings. The molecule has 0 saturated heterocycles. The van der Waals surface area contributed by atoms with Crippen LogP contribution in [0.15, 0.2) is 0 Å². The zero-order chi connectivity index (χ0) is 17.7. The Hall–Kier alpha value is 0.748. The summed E-state index contributed by atoms with van der Waals surface area (Å²) < 4.78 is 12.5. The van der Waals surface area contributed by atoms with Crippen LogP contribution in [0.3, 0.4) is 0 Å². The van der Waals surface area contributed by atoms with Crippen molar-refractivity contribution in [1.29, 1.82) is 0 Å². The van der Waals surface area contributed by atoms with Gasteiger partial charge in [0.2, 0.25) is 8.32 Å². The average Bonchev–Trinajstić information content (AvgIpc) is 2.42. The standard InChI is InChI=1S/C15H40O3Si4/c1-11-15(4,16-17-20(5,6)12-2)19-14-22(9,10)18-21(7,8)13-3/h11-14,19H2,1-10H3. The van der Waals surface area contributed by atoms with Crippen molar-refractivity contribution in [2.45, 2.75) is 96.4 Å². The van der Waals surface area contributed by atoms with Gasteiger partial charge in [0, 0.05) is 0 Å². The highest BCUT2D eigenvalue weighted by molar-refractivity contribution is 6.88. The lowest BCUT2D eigenvalue weighted by Gasteiger charge is -2.37. The van der Waals surface area contributed by atoms with E-state index in [0.29, 0.717) is 0 Å². The van der Waals surface area contributed by atoms with Crippen LogP contribution in [0.2, 0.25) is 57.0 Å². The van der Waals surface area contributed by atoms with Gasteiger partial charge in [-0.15, -0.1) is 0 Å². The quantitative estimate of drug-likeness (QED) is 0.291. The summed E-state index contributed by atoms with van der Waals surface area (Å²) in [6.07, 6.45) is 1.03. The molecule has 134 valence electrons. The second kappa shape index (κ2) is 8.73. The van der Waals surface area contributed by atoms with E-state index >= 15 is 0 Å². The summed E-state index contributed by atoms with van der Waals surface area (Å²) in [5.74, 6) is 0. The summed E-state index contributed by atoms with van der Waals surface area (Å²) in [5.41, 5.74) is 1.27. The normalized spacial score (nSPS) is 17.2. The van der Waals surface area contributed by atoms with Crippen LogP contribution in [-0.2, 0) is 13.6 Å². The predicted molar refractivity (Wildman–Crippen MR) is 109 cm³/mol. The molecular formula is C15H40O3Si4. The Morgan fingerprint density at radius 1 is 0.818 bits per heavy atom. The molecule has 0 heterocycles. The Kier molecular flexibility index (Phi) is 9.03. The van der Waals surface area contributed by atoms with Crippen molar-refractivity contribution in [3.8, 4) is 0 Å². The lowest BCUT2D eigenvalue weighted by molar-refractivity contribution is -0.269. The van der Waals surface area contributed by atoms with Gasteiger partial charge >= 0.3 is 0 Å². The van der Waals surface area contributed by atoms with Gasteiger partial charge in [0.1, 0.15) is 0 Å². The van der Waals surface area contributed by atoms with Gasteiger partial charge < -0.3 is 4.12 Å². The molecule has 0 spiro atoms. The maximum atomic E-state index is 6.61. The summed E-state index contributed by atoms with van der Waals surface area (Å²) in [7, 11) is -5.05. The molecule has 7 heteroatoms. The van der Waals surface area contributed by atoms with Crippen molar-refractivity contribution in [3.05, 3.63) is 0 Å². The SMILES string of the molecule is CCC(C)(OO[Si](C)(C)CC)[SiH2]C[Si](C)(C)O[Si](C)(C)CC. The molecule has 0 aromatic rings. The summed E-state index contributed by atoms with van der Waals surface area (Å²) in [6, 6.07) is 2.29. The number of rotatable bonds is 11. The zero-order valence-corrected chi connectivity index (χ0v) is 21.2. The lowest BCUT2D eigenvalue weighted by Crippen LogP contribution is -2.48. The lowest BCUT2D eigenvalue weighted by atomic mass is 10.3. The van der Waals surface area contributed by atoms with Gasteiger partial charge in [0.05, 0.1) is 14.7 Å². The molecular weight excluding hydrogens is 341 g/mol. The fourth-order valence-electron chi connectivity index (χ4n) is 1.99. The molecule has 22 heavy (non-hydrogen) atoms. The molecule has 0 N–H and O–H groups in total. The molecule has 0 aliphatic carbocycles. The summed E-state index contributed by atoms with van der Waals surface area (Å²) in [6.45, 7) is 22.8. The molecule has 0 amide bonds. The van der Waals surface area contributed by atoms with Crippen molar-refractivity contribution < 1.29 is 13.6 Å². The zero-order valence-electron chi connectivity index (χ0n) is 16.8. The average molecular weight is 381 g/mol. The van der Waals surface area contributed by atoms with E-state index in [1.165, 1.54) is 11.7 Å². The second-order valence-corrected chi connectivity index (χ2v) is 25.5. The molecule has 0 aliphatic rings. The third-order valence-corrected chi connectivity index (χ3v) is 20.6. The monoisotopic (exact) mass is 380 g/mol. The first kappa shape index (κ1) is 22.7. The smallest absolute Gasteiger partial charge is 0.232 e. The molecule has 0 saturated carbocycles. The summed E-state index contributed by atoms with van der Waals surface area (Å²) in [4.78, 5) is 5.99. The van der Waals surface area contributed by atoms with Gasteiger partial charge in [-0.05, 0) is 70.4 Å². The first-order valence-corrected chi connectivity index (χ1v) is 19.9. The first-order chi connectivity index (χ1) is 9.80. The van der Waals surface area contributed by atoms with Crippen molar-refractivity contribution in [3.63, 3.8) is 0 Å². The third-order valence-electron chi connectivity index (χ3n) is 4.73. The van der Waals surface area contributed by atoms with Gasteiger partial charge in [0.15, 0.2) is 16.6 Å². The maximum Gasteiger partial charge on any atom is 0.232 e. The van der Waals surface area contributed by atoms with Gasteiger partial charge in [-0.25, -0.2) is 4.89 Å². The van der Waals surface area contributed by atoms with E-state index in [1.54, 1.807) is 0 Å². The Bertz CT molecular complexity index is 335. The Morgan fingerprint density at radius 3 is 1.73 bits per heavy atom. The molecule has 1 unspecified atom stereocenters. The minimum absolute atomic E-state index is 0.0506. The highest BCUT2D eigenvalue weighted by Gasteiger charge is 2.36. The van der Waals surface area contributed by atoms with Crippen LogP contribution in [0.4, 0.5) is 0 Å². The van der Waals surface area contributed by atoms with Crippen LogP contribution in [-0.4, -0.2) is 39.7 Å². The number of hydrogen-bond donors (Lipinski definition) is 0. The summed E-state index contributed by atoms with van der Waals surface area (Å²) >= 11 is 0. The number of hydrogen-bond acceptors (Lipinski definition) is 3. The van der Waals surface area contributed by atoms with Crippen LogP contribution in [0.1, 0.15) is 34.1 Å². The Morgan fingerprint density at radius 2 is 1.32 bits per heavy atom. The minimum Gasteiger partial charge on any atom is -0.456 e. The molecule has 0 rings (SSSR count). The van der Waals surface area contributed by atoms with E-state index in [1.807, 2.05) is 0 Å². The van der Waals surface area contributed by atoms with Crippen molar-refractivity contribution >= 4 is 34.5 Å². The van der Waals surface area contributed by atoms with E-state index in [-0.39, 0.29) is 5.22 Å². The molecule has 0 radical (unpaired) electrons. The topological polar surface area (TPSA) is 27.7 Å². The fourth-order valence-corrected chi connectivity index (χ4v) is 15.6. The molecule has 0 aromatic heterocycles. The third kappa shape index (κ3) is 9.14. The van der Waals surface area contributed by atoms with Crippen molar-refractivity contribution in [1.82, 2.24) is 0 Å². The van der Waals surface area contributed by atoms with Crippen LogP contribution >= 0.6 is 0 Å². The van der Waals surface area contributed by atoms with E-state index < -0.39 is 34.5 Å². The molecule has 0 bridgehead atoms. The first-order valence-electron chi connectivity index (χ1n) is 8.87. The molecule has 0 aromatic carbocycles. The van der Waals surface area contributed by atoms with E-state index in [9.17, 15) is 0 Å². The Labute approximate surface area is 144 Å². The fraction of sp³-hybridized carbons (Fsp3) is 1.00. The Balaban J connectivity index is 4.60.